The summed E-state index contributed by atoms with van der Waals surface area (Å²) in [4.78, 5) is 0. The lowest BCUT2D eigenvalue weighted by Gasteiger charge is -2.62. The minimum atomic E-state index is -0.143. The van der Waals surface area contributed by atoms with E-state index >= 15 is 0 Å². The van der Waals surface area contributed by atoms with Gasteiger partial charge in [-0.3, -0.25) is 0 Å². The minimum absolute atomic E-state index is 0.0833. The number of aliphatic hydroxyl groups is 2. The van der Waals surface area contributed by atoms with E-state index in [0.29, 0.717) is 29.1 Å². The third-order valence-electron chi connectivity index (χ3n) is 8.51. The Morgan fingerprint density at radius 1 is 0.810 bits per heavy atom. The molecule has 2 N–H and O–H groups in total. The highest BCUT2D eigenvalue weighted by Crippen LogP contribution is 2.66. The van der Waals surface area contributed by atoms with Crippen LogP contribution < -0.4 is 0 Å². The molecule has 8 atom stereocenters. The Labute approximate surface area is 129 Å². The molecule has 4 aliphatic rings. The fraction of sp³-hybridized carbons (Fsp3) is 1.00. The van der Waals surface area contributed by atoms with Crippen molar-refractivity contribution in [1.82, 2.24) is 0 Å². The van der Waals surface area contributed by atoms with Gasteiger partial charge in [-0.05, 0) is 73.0 Å². The molecule has 0 radical (unpaired) electrons. The molecule has 4 rings (SSSR count). The van der Waals surface area contributed by atoms with Crippen molar-refractivity contribution in [2.45, 2.75) is 83.8 Å². The molecule has 0 heterocycles. The summed E-state index contributed by atoms with van der Waals surface area (Å²) in [6, 6.07) is 0. The molecule has 0 bridgehead atoms. The molecule has 21 heavy (non-hydrogen) atoms. The summed E-state index contributed by atoms with van der Waals surface area (Å²) in [5.41, 5.74) is 0.465. The van der Waals surface area contributed by atoms with E-state index in [-0.39, 0.29) is 17.6 Å². The van der Waals surface area contributed by atoms with Crippen LogP contribution in [0.1, 0.15) is 71.6 Å². The van der Waals surface area contributed by atoms with Crippen molar-refractivity contribution in [2.75, 3.05) is 0 Å². The molecular formula is C19H32O2. The number of rotatable bonds is 0. The second-order valence-electron chi connectivity index (χ2n) is 9.19. The van der Waals surface area contributed by atoms with Crippen molar-refractivity contribution in [2.24, 2.45) is 34.5 Å². The standard InChI is InChI=1S/C19H32O2/c1-18-8-4-3-6-12(18)10-15(20)17-13-7-5-9-19(13,2)16(21)11-14(17)18/h12-17,20-21H,3-11H2,1-2H3/t12-,13-,14+,15-,16+,17+,18+,19+/m1/s1. The zero-order valence-corrected chi connectivity index (χ0v) is 13.7. The molecule has 0 aromatic carbocycles. The molecule has 0 aromatic heterocycles. The molecule has 120 valence electrons. The Balaban J connectivity index is 1.72. The van der Waals surface area contributed by atoms with Crippen LogP contribution in [0.25, 0.3) is 0 Å². The Morgan fingerprint density at radius 2 is 1.57 bits per heavy atom. The minimum Gasteiger partial charge on any atom is -0.393 e. The first-order valence-electron chi connectivity index (χ1n) is 9.33. The Morgan fingerprint density at radius 3 is 2.38 bits per heavy atom. The van der Waals surface area contributed by atoms with E-state index < -0.39 is 0 Å². The maximum atomic E-state index is 10.9. The van der Waals surface area contributed by atoms with E-state index in [1.54, 1.807) is 0 Å². The third-order valence-corrected chi connectivity index (χ3v) is 8.51. The van der Waals surface area contributed by atoms with Gasteiger partial charge in [0.05, 0.1) is 12.2 Å². The van der Waals surface area contributed by atoms with Crippen LogP contribution in [-0.4, -0.2) is 22.4 Å². The fourth-order valence-corrected chi connectivity index (χ4v) is 7.21. The molecule has 0 unspecified atom stereocenters. The molecule has 4 fully saturated rings. The van der Waals surface area contributed by atoms with Crippen LogP contribution in [0.2, 0.25) is 0 Å². The maximum absolute atomic E-state index is 10.9. The Hall–Kier alpha value is -0.0800. The van der Waals surface area contributed by atoms with Gasteiger partial charge in [-0.1, -0.05) is 33.1 Å². The van der Waals surface area contributed by atoms with Crippen LogP contribution in [0.5, 0.6) is 0 Å². The number of aliphatic hydroxyl groups excluding tert-OH is 2. The molecular weight excluding hydrogens is 260 g/mol. The maximum Gasteiger partial charge on any atom is 0.0599 e. The predicted molar refractivity (Wildman–Crippen MR) is 83.7 cm³/mol. The summed E-state index contributed by atoms with van der Waals surface area (Å²) in [5.74, 6) is 2.26. The average Bonchev–Trinajstić information content (AvgIpc) is 2.84. The lowest BCUT2D eigenvalue weighted by Crippen LogP contribution is -2.60. The smallest absolute Gasteiger partial charge is 0.0599 e. The first-order chi connectivity index (χ1) is 9.97. The lowest BCUT2D eigenvalue weighted by atomic mass is 9.44. The van der Waals surface area contributed by atoms with Crippen molar-refractivity contribution < 1.29 is 10.2 Å². The Kier molecular flexibility index (Phi) is 3.25. The van der Waals surface area contributed by atoms with Gasteiger partial charge in [0.2, 0.25) is 0 Å². The molecule has 0 aliphatic heterocycles. The molecule has 2 nitrogen and oxygen atoms in total. The summed E-state index contributed by atoms with van der Waals surface area (Å²) >= 11 is 0. The highest BCUT2D eigenvalue weighted by molar-refractivity contribution is 5.11. The van der Waals surface area contributed by atoms with Crippen molar-refractivity contribution >= 4 is 0 Å². The summed E-state index contributed by atoms with van der Waals surface area (Å²) < 4.78 is 0. The highest BCUT2D eigenvalue weighted by atomic mass is 16.3. The largest absolute Gasteiger partial charge is 0.393 e. The zero-order valence-electron chi connectivity index (χ0n) is 13.7. The number of hydrogen-bond donors (Lipinski definition) is 2. The first kappa shape index (κ1) is 14.5. The van der Waals surface area contributed by atoms with Crippen molar-refractivity contribution in [3.63, 3.8) is 0 Å². The average molecular weight is 292 g/mol. The van der Waals surface area contributed by atoms with Crippen LogP contribution >= 0.6 is 0 Å². The van der Waals surface area contributed by atoms with Gasteiger partial charge in [0.1, 0.15) is 0 Å². The zero-order chi connectivity index (χ0) is 14.8. The van der Waals surface area contributed by atoms with E-state index in [9.17, 15) is 10.2 Å². The monoisotopic (exact) mass is 292 g/mol. The van der Waals surface area contributed by atoms with Crippen LogP contribution in [0.15, 0.2) is 0 Å². The van der Waals surface area contributed by atoms with E-state index in [1.165, 1.54) is 38.5 Å². The van der Waals surface area contributed by atoms with Crippen LogP contribution in [-0.2, 0) is 0 Å². The highest BCUT2D eigenvalue weighted by Gasteiger charge is 2.62. The van der Waals surface area contributed by atoms with Crippen LogP contribution in [0.4, 0.5) is 0 Å². The third kappa shape index (κ3) is 1.84. The van der Waals surface area contributed by atoms with Gasteiger partial charge in [0.25, 0.3) is 0 Å². The van der Waals surface area contributed by atoms with Gasteiger partial charge < -0.3 is 10.2 Å². The molecule has 2 heteroatoms. The van der Waals surface area contributed by atoms with E-state index in [1.807, 2.05) is 0 Å². The van der Waals surface area contributed by atoms with Crippen molar-refractivity contribution in [1.29, 1.82) is 0 Å². The molecule has 4 saturated carbocycles. The molecule has 0 saturated heterocycles. The van der Waals surface area contributed by atoms with Crippen LogP contribution in [0, 0.1) is 34.5 Å². The normalized spacial score (nSPS) is 60.0. The van der Waals surface area contributed by atoms with Gasteiger partial charge in [-0.2, -0.15) is 0 Å². The van der Waals surface area contributed by atoms with Gasteiger partial charge in [0, 0.05) is 0 Å². The van der Waals surface area contributed by atoms with Gasteiger partial charge in [-0.25, -0.2) is 0 Å². The SMILES string of the molecule is C[C@]12CCC[C@@H]1[C@@H]1[C@H](O)C[C@H]3CCCC[C@]3(C)[C@H]1C[C@@H]2O. The lowest BCUT2D eigenvalue weighted by molar-refractivity contribution is -0.190. The second-order valence-corrected chi connectivity index (χ2v) is 9.19. The van der Waals surface area contributed by atoms with Gasteiger partial charge in [-0.15, -0.1) is 0 Å². The molecule has 0 amide bonds. The quantitative estimate of drug-likeness (QED) is 0.714. The number of hydrogen-bond acceptors (Lipinski definition) is 2. The summed E-state index contributed by atoms with van der Waals surface area (Å²) in [6.45, 7) is 4.79. The Bertz CT molecular complexity index is 422. The summed E-state index contributed by atoms with van der Waals surface area (Å²) in [6.07, 6.45) is 10.7. The van der Waals surface area contributed by atoms with Crippen molar-refractivity contribution in [3.8, 4) is 0 Å². The number of fused-ring (bicyclic) bond motifs is 5. The van der Waals surface area contributed by atoms with E-state index in [2.05, 4.69) is 13.8 Å². The van der Waals surface area contributed by atoms with Crippen molar-refractivity contribution in [3.05, 3.63) is 0 Å². The van der Waals surface area contributed by atoms with Gasteiger partial charge >= 0.3 is 0 Å². The molecule has 0 spiro atoms. The predicted octanol–water partition coefficient (Wildman–Crippen LogP) is 3.75. The van der Waals surface area contributed by atoms with Crippen LogP contribution in [0.3, 0.4) is 0 Å². The summed E-state index contributed by atoms with van der Waals surface area (Å²) in [5, 5.41) is 21.8. The molecule has 0 aromatic rings. The summed E-state index contributed by atoms with van der Waals surface area (Å²) in [7, 11) is 0. The molecule has 4 aliphatic carbocycles. The first-order valence-corrected chi connectivity index (χ1v) is 9.33. The fourth-order valence-electron chi connectivity index (χ4n) is 7.21. The van der Waals surface area contributed by atoms with Gasteiger partial charge in [0.15, 0.2) is 0 Å². The van der Waals surface area contributed by atoms with E-state index in [0.717, 1.165) is 19.3 Å². The van der Waals surface area contributed by atoms with E-state index in [4.69, 9.17) is 0 Å². The topological polar surface area (TPSA) is 40.5 Å². The second kappa shape index (κ2) is 4.71.